The van der Waals surface area contributed by atoms with Crippen molar-refractivity contribution in [3.63, 3.8) is 0 Å². The van der Waals surface area contributed by atoms with Crippen LogP contribution < -0.4 is 5.32 Å². The molecule has 1 heterocycles. The van der Waals surface area contributed by atoms with E-state index in [1.165, 1.54) is 6.07 Å². The van der Waals surface area contributed by atoms with E-state index < -0.39 is 17.6 Å². The quantitative estimate of drug-likeness (QED) is 0.734. The maximum Gasteiger partial charge on any atom is 0.419 e. The summed E-state index contributed by atoms with van der Waals surface area (Å²) >= 11 is 0. The zero-order valence-electron chi connectivity index (χ0n) is 8.44. The van der Waals surface area contributed by atoms with Crippen molar-refractivity contribution >= 4 is 0 Å². The predicted molar refractivity (Wildman–Crippen MR) is 51.4 cm³/mol. The van der Waals surface area contributed by atoms with E-state index in [4.69, 9.17) is 0 Å². The number of halogens is 4. The van der Waals surface area contributed by atoms with Crippen LogP contribution in [0.3, 0.4) is 0 Å². The molecule has 1 aliphatic heterocycles. The van der Waals surface area contributed by atoms with E-state index in [-0.39, 0.29) is 6.04 Å². The molecule has 1 N–H and O–H groups in total. The highest BCUT2D eigenvalue weighted by Crippen LogP contribution is 2.33. The van der Waals surface area contributed by atoms with E-state index >= 15 is 0 Å². The Morgan fingerprint density at radius 3 is 2.50 bits per heavy atom. The minimum atomic E-state index is -4.62. The third-order valence-electron chi connectivity index (χ3n) is 2.76. The van der Waals surface area contributed by atoms with Gasteiger partial charge in [0.2, 0.25) is 0 Å². The second kappa shape index (κ2) is 4.05. The van der Waals surface area contributed by atoms with Crippen molar-refractivity contribution in [3.8, 4) is 0 Å². The Morgan fingerprint density at radius 1 is 1.25 bits per heavy atom. The summed E-state index contributed by atoms with van der Waals surface area (Å²) in [4.78, 5) is 0. The summed E-state index contributed by atoms with van der Waals surface area (Å²) in [6, 6.07) is 3.11. The first kappa shape index (κ1) is 11.4. The number of rotatable bonds is 1. The molecule has 0 aromatic heterocycles. The summed E-state index contributed by atoms with van der Waals surface area (Å²) in [5, 5.41) is 3.11. The van der Waals surface area contributed by atoms with Crippen LogP contribution in [0.5, 0.6) is 0 Å². The molecule has 0 saturated carbocycles. The Bertz CT molecular complexity index is 380. The highest BCUT2D eigenvalue weighted by atomic mass is 19.4. The molecule has 1 aromatic rings. The minimum Gasteiger partial charge on any atom is -0.310 e. The lowest BCUT2D eigenvalue weighted by molar-refractivity contribution is -0.140. The van der Waals surface area contributed by atoms with Crippen molar-refractivity contribution in [1.29, 1.82) is 0 Å². The lowest BCUT2D eigenvalue weighted by atomic mass is 10.0. The molecule has 1 aliphatic rings. The van der Waals surface area contributed by atoms with Crippen molar-refractivity contribution in [1.82, 2.24) is 5.32 Å². The molecule has 0 radical (unpaired) electrons. The molecule has 1 saturated heterocycles. The van der Waals surface area contributed by atoms with Gasteiger partial charge in [-0.2, -0.15) is 13.2 Å². The van der Waals surface area contributed by atoms with Crippen LogP contribution >= 0.6 is 0 Å². The fraction of sp³-hybridized carbons (Fsp3) is 0.455. The number of hydrogen-bond donors (Lipinski definition) is 1. The second-order valence-corrected chi connectivity index (χ2v) is 3.89. The van der Waals surface area contributed by atoms with E-state index in [1.807, 2.05) is 0 Å². The highest BCUT2D eigenvalue weighted by Gasteiger charge is 2.34. The number of alkyl halides is 3. The van der Waals surface area contributed by atoms with Gasteiger partial charge < -0.3 is 5.32 Å². The van der Waals surface area contributed by atoms with E-state index in [0.29, 0.717) is 5.56 Å². The molecule has 1 atom stereocenters. The largest absolute Gasteiger partial charge is 0.419 e. The average Bonchev–Trinajstić information content (AvgIpc) is 2.68. The molecule has 88 valence electrons. The van der Waals surface area contributed by atoms with Gasteiger partial charge in [-0.05, 0) is 37.1 Å². The van der Waals surface area contributed by atoms with Gasteiger partial charge in [0.25, 0.3) is 0 Å². The van der Waals surface area contributed by atoms with Crippen molar-refractivity contribution in [2.75, 3.05) is 6.54 Å². The Labute approximate surface area is 90.5 Å². The Hall–Kier alpha value is -1.10. The van der Waals surface area contributed by atoms with Gasteiger partial charge in [0, 0.05) is 6.04 Å². The first-order valence-electron chi connectivity index (χ1n) is 5.08. The monoisotopic (exact) mass is 233 g/mol. The molecular formula is C11H11F4N. The van der Waals surface area contributed by atoms with Gasteiger partial charge in [-0.1, -0.05) is 6.07 Å². The van der Waals surface area contributed by atoms with Gasteiger partial charge in [-0.15, -0.1) is 0 Å². The summed E-state index contributed by atoms with van der Waals surface area (Å²) in [5.41, 5.74) is -0.614. The molecule has 5 heteroatoms. The molecule has 0 bridgehead atoms. The topological polar surface area (TPSA) is 12.0 Å². The third-order valence-corrected chi connectivity index (χ3v) is 2.76. The first-order chi connectivity index (χ1) is 7.48. The van der Waals surface area contributed by atoms with Gasteiger partial charge in [0.1, 0.15) is 5.82 Å². The molecule has 16 heavy (non-hydrogen) atoms. The Balaban J connectivity index is 2.29. The van der Waals surface area contributed by atoms with E-state index in [2.05, 4.69) is 5.32 Å². The molecule has 1 fully saturated rings. The molecule has 1 aromatic carbocycles. The van der Waals surface area contributed by atoms with Crippen LogP contribution in [0.2, 0.25) is 0 Å². The van der Waals surface area contributed by atoms with Gasteiger partial charge >= 0.3 is 6.18 Å². The summed E-state index contributed by atoms with van der Waals surface area (Å²) in [5.74, 6) is -1.20. The molecule has 0 aliphatic carbocycles. The second-order valence-electron chi connectivity index (χ2n) is 3.89. The standard InChI is InChI=1S/C11H11F4N/c12-9-6-7(10-2-1-5-16-10)3-4-8(9)11(13,14)15/h3-4,6,10,16H,1-2,5H2/t10-/m0/s1. The SMILES string of the molecule is Fc1cc([C@@H]2CCCN2)ccc1C(F)(F)F. The average molecular weight is 233 g/mol. The normalized spacial score (nSPS) is 21.4. The molecule has 1 nitrogen and oxygen atoms in total. The number of hydrogen-bond acceptors (Lipinski definition) is 1. The van der Waals surface area contributed by atoms with Crippen LogP contribution in [-0.2, 0) is 6.18 Å². The van der Waals surface area contributed by atoms with Crippen molar-refractivity contribution in [2.24, 2.45) is 0 Å². The van der Waals surface area contributed by atoms with Crippen LogP contribution in [0.15, 0.2) is 18.2 Å². The summed E-state index contributed by atoms with van der Waals surface area (Å²) in [6.45, 7) is 0.827. The van der Waals surface area contributed by atoms with Gasteiger partial charge in [-0.25, -0.2) is 4.39 Å². The number of benzene rings is 1. The maximum atomic E-state index is 13.3. The Morgan fingerprint density at radius 2 is 2.00 bits per heavy atom. The van der Waals surface area contributed by atoms with Crippen molar-refractivity contribution in [3.05, 3.63) is 35.1 Å². The summed E-state index contributed by atoms with van der Waals surface area (Å²) in [6.07, 6.45) is -2.82. The molecular weight excluding hydrogens is 222 g/mol. The van der Waals surface area contributed by atoms with Gasteiger partial charge in [-0.3, -0.25) is 0 Å². The fourth-order valence-electron chi connectivity index (χ4n) is 1.95. The lowest BCUT2D eigenvalue weighted by Gasteiger charge is -2.13. The highest BCUT2D eigenvalue weighted by molar-refractivity contribution is 5.28. The lowest BCUT2D eigenvalue weighted by Crippen LogP contribution is -2.14. The van der Waals surface area contributed by atoms with E-state index in [0.717, 1.165) is 31.5 Å². The van der Waals surface area contributed by atoms with Crippen molar-refractivity contribution < 1.29 is 17.6 Å². The van der Waals surface area contributed by atoms with Crippen LogP contribution in [0.1, 0.15) is 30.0 Å². The maximum absolute atomic E-state index is 13.3. The third kappa shape index (κ3) is 2.19. The van der Waals surface area contributed by atoms with Gasteiger partial charge in [0.15, 0.2) is 0 Å². The molecule has 0 amide bonds. The molecule has 0 spiro atoms. The zero-order valence-corrected chi connectivity index (χ0v) is 8.44. The smallest absolute Gasteiger partial charge is 0.310 e. The van der Waals surface area contributed by atoms with Crippen LogP contribution in [0.25, 0.3) is 0 Å². The van der Waals surface area contributed by atoms with Crippen LogP contribution in [0, 0.1) is 5.82 Å². The zero-order chi connectivity index (χ0) is 11.8. The minimum absolute atomic E-state index is 0.0169. The first-order valence-corrected chi connectivity index (χ1v) is 5.08. The summed E-state index contributed by atoms with van der Waals surface area (Å²) in [7, 11) is 0. The summed E-state index contributed by atoms with van der Waals surface area (Å²) < 4.78 is 50.2. The van der Waals surface area contributed by atoms with E-state index in [9.17, 15) is 17.6 Å². The molecule has 2 rings (SSSR count). The van der Waals surface area contributed by atoms with Crippen molar-refractivity contribution in [2.45, 2.75) is 25.1 Å². The fourth-order valence-corrected chi connectivity index (χ4v) is 1.95. The van der Waals surface area contributed by atoms with Crippen LogP contribution in [-0.4, -0.2) is 6.54 Å². The van der Waals surface area contributed by atoms with Crippen LogP contribution in [0.4, 0.5) is 17.6 Å². The predicted octanol–water partition coefficient (Wildman–Crippen LogP) is 3.27. The van der Waals surface area contributed by atoms with Gasteiger partial charge in [0.05, 0.1) is 5.56 Å². The Kier molecular flexibility index (Phi) is 2.88. The molecule has 0 unspecified atom stereocenters. The number of nitrogens with one attached hydrogen (secondary N) is 1. The van der Waals surface area contributed by atoms with E-state index in [1.54, 1.807) is 0 Å².